The molecule has 0 radical (unpaired) electrons. The first-order valence-corrected chi connectivity index (χ1v) is 4.64. The Kier molecular flexibility index (Phi) is 2.04. The van der Waals surface area contributed by atoms with Gasteiger partial charge in [0.1, 0.15) is 0 Å². The van der Waals surface area contributed by atoms with E-state index in [0.29, 0.717) is 12.0 Å². The summed E-state index contributed by atoms with van der Waals surface area (Å²) in [5.74, 6) is 0.617. The van der Waals surface area contributed by atoms with E-state index in [9.17, 15) is 4.79 Å². The average Bonchev–Trinajstić information content (AvgIpc) is 2.87. The van der Waals surface area contributed by atoms with Crippen LogP contribution in [0.3, 0.4) is 0 Å². The van der Waals surface area contributed by atoms with Crippen LogP contribution in [0.25, 0.3) is 0 Å². The molecule has 0 unspecified atom stereocenters. The van der Waals surface area contributed by atoms with E-state index >= 15 is 0 Å². The molecule has 1 aliphatic carbocycles. The van der Waals surface area contributed by atoms with Crippen molar-refractivity contribution >= 4 is 5.95 Å². The smallest absolute Gasteiger partial charge is 0.252 e. The SMILES string of the molecule is CCc1cc(=O)[nH]c(NC2CC2)n1. The summed E-state index contributed by atoms with van der Waals surface area (Å²) in [5, 5.41) is 3.16. The van der Waals surface area contributed by atoms with Gasteiger partial charge in [0.2, 0.25) is 5.95 Å². The van der Waals surface area contributed by atoms with Crippen molar-refractivity contribution in [3.63, 3.8) is 0 Å². The first-order chi connectivity index (χ1) is 6.28. The van der Waals surface area contributed by atoms with E-state index in [-0.39, 0.29) is 5.56 Å². The molecule has 4 nitrogen and oxygen atoms in total. The second-order valence-electron chi connectivity index (χ2n) is 3.36. The summed E-state index contributed by atoms with van der Waals surface area (Å²) >= 11 is 0. The zero-order chi connectivity index (χ0) is 9.26. The molecule has 0 bridgehead atoms. The molecule has 1 aromatic heterocycles. The van der Waals surface area contributed by atoms with Gasteiger partial charge in [-0.15, -0.1) is 0 Å². The van der Waals surface area contributed by atoms with Crippen LogP contribution in [-0.4, -0.2) is 16.0 Å². The lowest BCUT2D eigenvalue weighted by atomic mass is 10.3. The molecule has 2 N–H and O–H groups in total. The molecule has 1 aromatic rings. The lowest BCUT2D eigenvalue weighted by molar-refractivity contribution is 0.958. The molecule has 1 heterocycles. The lowest BCUT2D eigenvalue weighted by Crippen LogP contribution is -2.14. The highest BCUT2D eigenvalue weighted by atomic mass is 16.1. The van der Waals surface area contributed by atoms with Crippen molar-refractivity contribution in [3.8, 4) is 0 Å². The zero-order valence-corrected chi connectivity index (χ0v) is 7.63. The summed E-state index contributed by atoms with van der Waals surface area (Å²) in [6.07, 6.45) is 3.16. The first-order valence-electron chi connectivity index (χ1n) is 4.64. The van der Waals surface area contributed by atoms with E-state index in [4.69, 9.17) is 0 Å². The maximum absolute atomic E-state index is 11.1. The largest absolute Gasteiger partial charge is 0.353 e. The average molecular weight is 179 g/mol. The van der Waals surface area contributed by atoms with Crippen molar-refractivity contribution < 1.29 is 0 Å². The number of anilines is 1. The molecule has 70 valence electrons. The zero-order valence-electron chi connectivity index (χ0n) is 7.63. The molecule has 0 aromatic carbocycles. The van der Waals surface area contributed by atoms with Gasteiger partial charge in [0.25, 0.3) is 5.56 Å². The fourth-order valence-corrected chi connectivity index (χ4v) is 1.18. The maximum Gasteiger partial charge on any atom is 0.252 e. The van der Waals surface area contributed by atoms with E-state index in [1.165, 1.54) is 18.9 Å². The Morgan fingerprint density at radius 2 is 2.46 bits per heavy atom. The summed E-state index contributed by atoms with van der Waals surface area (Å²) < 4.78 is 0. The third-order valence-electron chi connectivity index (χ3n) is 2.08. The van der Waals surface area contributed by atoms with Crippen LogP contribution < -0.4 is 10.9 Å². The highest BCUT2D eigenvalue weighted by Crippen LogP contribution is 2.22. The summed E-state index contributed by atoms with van der Waals surface area (Å²) in [6.45, 7) is 1.99. The molecule has 13 heavy (non-hydrogen) atoms. The number of nitrogens with zero attached hydrogens (tertiary/aromatic N) is 1. The van der Waals surface area contributed by atoms with Gasteiger partial charge in [-0.05, 0) is 19.3 Å². The van der Waals surface area contributed by atoms with Gasteiger partial charge < -0.3 is 5.32 Å². The second kappa shape index (κ2) is 3.20. The second-order valence-corrected chi connectivity index (χ2v) is 3.36. The summed E-state index contributed by atoms with van der Waals surface area (Å²) in [4.78, 5) is 18.1. The van der Waals surface area contributed by atoms with E-state index in [1.54, 1.807) is 0 Å². The van der Waals surface area contributed by atoms with Crippen LogP contribution in [0.1, 0.15) is 25.5 Å². The van der Waals surface area contributed by atoms with Gasteiger partial charge in [-0.2, -0.15) is 0 Å². The van der Waals surface area contributed by atoms with Crippen LogP contribution in [0.4, 0.5) is 5.95 Å². The van der Waals surface area contributed by atoms with Crippen LogP contribution in [0.5, 0.6) is 0 Å². The minimum Gasteiger partial charge on any atom is -0.353 e. The van der Waals surface area contributed by atoms with Crippen LogP contribution in [0.15, 0.2) is 10.9 Å². The van der Waals surface area contributed by atoms with E-state index < -0.39 is 0 Å². The molecule has 0 amide bonds. The van der Waals surface area contributed by atoms with E-state index in [2.05, 4.69) is 15.3 Å². The number of H-pyrrole nitrogens is 1. The predicted octanol–water partition coefficient (Wildman–Crippen LogP) is 0.907. The van der Waals surface area contributed by atoms with Crippen LogP contribution in [0.2, 0.25) is 0 Å². The summed E-state index contributed by atoms with van der Waals surface area (Å²) in [6, 6.07) is 2.06. The molecule has 1 saturated carbocycles. The Hall–Kier alpha value is -1.32. The van der Waals surface area contributed by atoms with Gasteiger partial charge in [-0.3, -0.25) is 9.78 Å². The first kappa shape index (κ1) is 8.29. The van der Waals surface area contributed by atoms with Crippen molar-refractivity contribution in [1.29, 1.82) is 0 Å². The Bertz CT molecular complexity index is 354. The number of hydrogen-bond acceptors (Lipinski definition) is 3. The third-order valence-corrected chi connectivity index (χ3v) is 2.08. The molecule has 0 spiro atoms. The van der Waals surface area contributed by atoms with E-state index in [1.807, 2.05) is 6.92 Å². The number of hydrogen-bond donors (Lipinski definition) is 2. The number of aromatic amines is 1. The van der Waals surface area contributed by atoms with Crippen molar-refractivity contribution in [2.45, 2.75) is 32.2 Å². The van der Waals surface area contributed by atoms with E-state index in [0.717, 1.165) is 12.1 Å². The summed E-state index contributed by atoms with van der Waals surface area (Å²) in [5.41, 5.74) is 0.766. The Balaban J connectivity index is 2.22. The topological polar surface area (TPSA) is 57.8 Å². The van der Waals surface area contributed by atoms with Crippen molar-refractivity contribution in [2.24, 2.45) is 0 Å². The molecule has 0 atom stereocenters. The molecule has 0 aliphatic heterocycles. The Labute approximate surface area is 76.4 Å². The Morgan fingerprint density at radius 1 is 1.69 bits per heavy atom. The third kappa shape index (κ3) is 2.08. The van der Waals surface area contributed by atoms with Crippen molar-refractivity contribution in [2.75, 3.05) is 5.32 Å². The molecule has 1 fully saturated rings. The molecule has 0 saturated heterocycles. The quantitative estimate of drug-likeness (QED) is 0.725. The fourth-order valence-electron chi connectivity index (χ4n) is 1.18. The van der Waals surface area contributed by atoms with Crippen molar-refractivity contribution in [3.05, 3.63) is 22.1 Å². The number of aryl methyl sites for hydroxylation is 1. The van der Waals surface area contributed by atoms with Gasteiger partial charge in [0.15, 0.2) is 0 Å². The standard InChI is InChI=1S/C9H13N3O/c1-2-6-5-8(13)12-9(10-6)11-7-3-4-7/h5,7H,2-4H2,1H3,(H2,10,11,12,13). The van der Waals surface area contributed by atoms with Gasteiger partial charge in [-0.1, -0.05) is 6.92 Å². The lowest BCUT2D eigenvalue weighted by Gasteiger charge is -2.03. The molecule has 2 rings (SSSR count). The van der Waals surface area contributed by atoms with Gasteiger partial charge >= 0.3 is 0 Å². The number of nitrogens with one attached hydrogen (secondary N) is 2. The monoisotopic (exact) mass is 179 g/mol. The highest BCUT2D eigenvalue weighted by molar-refractivity contribution is 5.28. The van der Waals surface area contributed by atoms with Gasteiger partial charge in [0, 0.05) is 17.8 Å². The molecular formula is C9H13N3O. The fraction of sp³-hybridized carbons (Fsp3) is 0.556. The van der Waals surface area contributed by atoms with Gasteiger partial charge in [-0.25, -0.2) is 4.98 Å². The highest BCUT2D eigenvalue weighted by Gasteiger charge is 2.21. The predicted molar refractivity (Wildman–Crippen MR) is 50.9 cm³/mol. The number of rotatable bonds is 3. The summed E-state index contributed by atoms with van der Waals surface area (Å²) in [7, 11) is 0. The van der Waals surface area contributed by atoms with Crippen molar-refractivity contribution in [1.82, 2.24) is 9.97 Å². The maximum atomic E-state index is 11.1. The van der Waals surface area contributed by atoms with Crippen LogP contribution >= 0.6 is 0 Å². The minimum atomic E-state index is -0.0741. The molecule has 1 aliphatic rings. The Morgan fingerprint density at radius 3 is 3.08 bits per heavy atom. The molecular weight excluding hydrogens is 166 g/mol. The number of aromatic nitrogens is 2. The van der Waals surface area contributed by atoms with Gasteiger partial charge in [0.05, 0.1) is 0 Å². The molecule has 4 heteroatoms. The van der Waals surface area contributed by atoms with Crippen LogP contribution in [0, 0.1) is 0 Å². The normalized spacial score (nSPS) is 15.8. The van der Waals surface area contributed by atoms with Crippen LogP contribution in [-0.2, 0) is 6.42 Å². The minimum absolute atomic E-state index is 0.0741.